The van der Waals surface area contributed by atoms with Crippen LogP contribution in [0, 0.1) is 10.1 Å². The molecule has 0 fully saturated rings. The van der Waals surface area contributed by atoms with Gasteiger partial charge in [-0.1, -0.05) is 36.2 Å². The molecule has 0 N–H and O–H groups in total. The van der Waals surface area contributed by atoms with E-state index in [1.165, 1.54) is 6.08 Å². The highest BCUT2D eigenvalue weighted by atomic mass is 35.5. The first-order valence-electron chi connectivity index (χ1n) is 4.35. The van der Waals surface area contributed by atoms with E-state index in [1.54, 1.807) is 25.1 Å². The smallest absolute Gasteiger partial charge is 0.246 e. The lowest BCUT2D eigenvalue weighted by Crippen LogP contribution is -1.96. The molecule has 0 aliphatic rings. The summed E-state index contributed by atoms with van der Waals surface area (Å²) in [7, 11) is 0. The molecule has 0 amide bonds. The van der Waals surface area contributed by atoms with Crippen LogP contribution in [0.5, 0.6) is 0 Å². The summed E-state index contributed by atoms with van der Waals surface area (Å²) in [6.45, 7) is 1.71. The van der Waals surface area contributed by atoms with Gasteiger partial charge in [0, 0.05) is 28.1 Å². The van der Waals surface area contributed by atoms with Crippen LogP contribution in [0.15, 0.2) is 23.9 Å². The molecule has 0 radical (unpaired) electrons. The minimum atomic E-state index is -0.431. The van der Waals surface area contributed by atoms with Gasteiger partial charge in [0.2, 0.25) is 5.70 Å². The molecule has 3 nitrogen and oxygen atoms in total. The van der Waals surface area contributed by atoms with Gasteiger partial charge in [-0.2, -0.15) is 0 Å². The molecule has 80 valence electrons. The van der Waals surface area contributed by atoms with Gasteiger partial charge in [0.15, 0.2) is 0 Å². The van der Waals surface area contributed by atoms with Crippen molar-refractivity contribution >= 4 is 29.3 Å². The lowest BCUT2D eigenvalue weighted by atomic mass is 10.1. The number of rotatable bonds is 3. The van der Waals surface area contributed by atoms with Gasteiger partial charge in [0.25, 0.3) is 0 Å². The molecule has 5 heteroatoms. The van der Waals surface area contributed by atoms with E-state index in [0.717, 1.165) is 0 Å². The van der Waals surface area contributed by atoms with Crippen LogP contribution in [0.1, 0.15) is 18.9 Å². The van der Waals surface area contributed by atoms with Crippen molar-refractivity contribution in [2.75, 3.05) is 0 Å². The molecule has 0 bridgehead atoms. The lowest BCUT2D eigenvalue weighted by molar-refractivity contribution is -0.425. The average molecular weight is 246 g/mol. The number of benzene rings is 1. The Morgan fingerprint density at radius 1 is 1.47 bits per heavy atom. The second-order valence-corrected chi connectivity index (χ2v) is 3.70. The van der Waals surface area contributed by atoms with Crippen molar-refractivity contribution in [1.82, 2.24) is 0 Å². The Labute approximate surface area is 97.5 Å². The van der Waals surface area contributed by atoms with E-state index in [0.29, 0.717) is 22.0 Å². The van der Waals surface area contributed by atoms with Crippen LogP contribution in [0.3, 0.4) is 0 Å². The largest absolute Gasteiger partial charge is 0.259 e. The van der Waals surface area contributed by atoms with Crippen LogP contribution < -0.4 is 0 Å². The zero-order valence-corrected chi connectivity index (χ0v) is 9.55. The van der Waals surface area contributed by atoms with Gasteiger partial charge < -0.3 is 0 Å². The molecule has 15 heavy (non-hydrogen) atoms. The maximum atomic E-state index is 10.6. The van der Waals surface area contributed by atoms with Crippen LogP contribution in [-0.4, -0.2) is 4.92 Å². The Hall–Kier alpha value is -1.06. The molecule has 0 unspecified atom stereocenters. The van der Waals surface area contributed by atoms with E-state index < -0.39 is 4.92 Å². The molecule has 0 saturated carbocycles. The number of halogens is 2. The molecule has 1 rings (SSSR count). The second-order valence-electron chi connectivity index (χ2n) is 2.88. The standard InChI is InChI=1S/C10H9Cl2NO2/c1-2-7(13(14)15)6-8-9(11)4-3-5-10(8)12/h3-6H,2H2,1H3/b7-6+. The van der Waals surface area contributed by atoms with Crippen molar-refractivity contribution in [1.29, 1.82) is 0 Å². The topological polar surface area (TPSA) is 43.1 Å². The summed E-state index contributed by atoms with van der Waals surface area (Å²) < 4.78 is 0. The van der Waals surface area contributed by atoms with Gasteiger partial charge in [-0.3, -0.25) is 10.1 Å². The number of hydrogen-bond donors (Lipinski definition) is 0. The predicted octanol–water partition coefficient (Wildman–Crippen LogP) is 4.02. The van der Waals surface area contributed by atoms with Gasteiger partial charge >= 0.3 is 0 Å². The molecule has 0 aromatic heterocycles. The summed E-state index contributed by atoms with van der Waals surface area (Å²) in [5.74, 6) is 0. The van der Waals surface area contributed by atoms with Crippen LogP contribution >= 0.6 is 23.2 Å². The highest BCUT2D eigenvalue weighted by Gasteiger charge is 2.10. The molecule has 0 aliphatic heterocycles. The van der Waals surface area contributed by atoms with Crippen LogP contribution in [0.2, 0.25) is 10.0 Å². The van der Waals surface area contributed by atoms with Crippen molar-refractivity contribution in [3.05, 3.63) is 49.6 Å². The normalized spacial score (nSPS) is 11.5. The monoisotopic (exact) mass is 245 g/mol. The Bertz CT molecular complexity index is 396. The Morgan fingerprint density at radius 2 is 2.00 bits per heavy atom. The fraction of sp³-hybridized carbons (Fsp3) is 0.200. The predicted molar refractivity (Wildman–Crippen MR) is 61.7 cm³/mol. The Morgan fingerprint density at radius 3 is 2.40 bits per heavy atom. The van der Waals surface area contributed by atoms with Crippen LogP contribution in [0.4, 0.5) is 0 Å². The average Bonchev–Trinajstić information content (AvgIpc) is 2.17. The van der Waals surface area contributed by atoms with E-state index in [9.17, 15) is 10.1 Å². The molecular weight excluding hydrogens is 237 g/mol. The van der Waals surface area contributed by atoms with Crippen molar-refractivity contribution in [2.45, 2.75) is 13.3 Å². The molecule has 0 aliphatic carbocycles. The summed E-state index contributed by atoms with van der Waals surface area (Å²) in [4.78, 5) is 10.2. The van der Waals surface area contributed by atoms with Crippen LogP contribution in [0.25, 0.3) is 6.08 Å². The van der Waals surface area contributed by atoms with E-state index in [4.69, 9.17) is 23.2 Å². The van der Waals surface area contributed by atoms with Gasteiger partial charge in [0.1, 0.15) is 0 Å². The second kappa shape index (κ2) is 5.14. The molecular formula is C10H9Cl2NO2. The highest BCUT2D eigenvalue weighted by Crippen LogP contribution is 2.27. The van der Waals surface area contributed by atoms with Crippen molar-refractivity contribution in [2.24, 2.45) is 0 Å². The highest BCUT2D eigenvalue weighted by molar-refractivity contribution is 6.37. The lowest BCUT2D eigenvalue weighted by Gasteiger charge is -2.01. The van der Waals surface area contributed by atoms with E-state index in [-0.39, 0.29) is 5.70 Å². The Balaban J connectivity index is 3.22. The third kappa shape index (κ3) is 2.94. The first kappa shape index (κ1) is 12.0. The maximum Gasteiger partial charge on any atom is 0.246 e. The van der Waals surface area contributed by atoms with Crippen molar-refractivity contribution in [3.63, 3.8) is 0 Å². The zero-order chi connectivity index (χ0) is 11.4. The maximum absolute atomic E-state index is 10.6. The van der Waals surface area contributed by atoms with Gasteiger partial charge in [0.05, 0.1) is 4.92 Å². The summed E-state index contributed by atoms with van der Waals surface area (Å²) in [6.07, 6.45) is 1.74. The van der Waals surface area contributed by atoms with Crippen molar-refractivity contribution < 1.29 is 4.92 Å². The molecule has 0 heterocycles. The number of nitro groups is 1. The zero-order valence-electron chi connectivity index (χ0n) is 8.04. The van der Waals surface area contributed by atoms with E-state index >= 15 is 0 Å². The first-order chi connectivity index (χ1) is 7.06. The SMILES string of the molecule is CC/C(=C\c1c(Cl)cccc1Cl)[N+](=O)[O-]. The first-order valence-corrected chi connectivity index (χ1v) is 5.10. The molecule has 0 spiro atoms. The minimum Gasteiger partial charge on any atom is -0.259 e. The number of nitrogens with zero attached hydrogens (tertiary/aromatic N) is 1. The van der Waals surface area contributed by atoms with Crippen LogP contribution in [-0.2, 0) is 0 Å². The molecule has 0 saturated heterocycles. The fourth-order valence-corrected chi connectivity index (χ4v) is 1.61. The van der Waals surface area contributed by atoms with Gasteiger partial charge in [-0.05, 0) is 12.1 Å². The summed E-state index contributed by atoms with van der Waals surface area (Å²) in [5.41, 5.74) is 0.583. The molecule has 1 aromatic rings. The van der Waals surface area contributed by atoms with E-state index in [1.807, 2.05) is 0 Å². The minimum absolute atomic E-state index is 0.0880. The number of allylic oxidation sites excluding steroid dienone is 1. The van der Waals surface area contributed by atoms with Gasteiger partial charge in [-0.25, -0.2) is 0 Å². The summed E-state index contributed by atoms with van der Waals surface area (Å²) >= 11 is 11.8. The third-order valence-electron chi connectivity index (χ3n) is 1.91. The quantitative estimate of drug-likeness (QED) is 0.597. The summed E-state index contributed by atoms with van der Waals surface area (Å²) in [5, 5.41) is 11.4. The fourth-order valence-electron chi connectivity index (χ4n) is 1.10. The summed E-state index contributed by atoms with van der Waals surface area (Å²) in [6, 6.07) is 4.98. The third-order valence-corrected chi connectivity index (χ3v) is 2.57. The molecule has 1 aromatic carbocycles. The van der Waals surface area contributed by atoms with Crippen molar-refractivity contribution in [3.8, 4) is 0 Å². The van der Waals surface area contributed by atoms with Gasteiger partial charge in [-0.15, -0.1) is 0 Å². The molecule has 0 atom stereocenters. The number of hydrogen-bond acceptors (Lipinski definition) is 2. The Kier molecular flexibility index (Phi) is 4.12. The van der Waals surface area contributed by atoms with E-state index in [2.05, 4.69) is 0 Å².